The van der Waals surface area contributed by atoms with Gasteiger partial charge in [-0.3, -0.25) is 9.59 Å². The molecule has 1 aromatic carbocycles. The molecular weight excluding hydrogens is 374 g/mol. The van der Waals surface area contributed by atoms with Gasteiger partial charge in [0.25, 0.3) is 0 Å². The number of esters is 1. The van der Waals surface area contributed by atoms with E-state index in [0.717, 1.165) is 38.6 Å². The fourth-order valence-electron chi connectivity index (χ4n) is 7.16. The molecule has 30 heavy (non-hydrogen) atoms. The van der Waals surface area contributed by atoms with Crippen LogP contribution in [-0.4, -0.2) is 31.4 Å². The molecule has 0 bridgehead atoms. The zero-order valence-electron chi connectivity index (χ0n) is 18.4. The zero-order chi connectivity index (χ0) is 20.7. The summed E-state index contributed by atoms with van der Waals surface area (Å²) in [5.74, 6) is 2.90. The van der Waals surface area contributed by atoms with E-state index >= 15 is 0 Å². The van der Waals surface area contributed by atoms with Crippen LogP contribution in [0.25, 0.3) is 0 Å². The zero-order valence-corrected chi connectivity index (χ0v) is 18.4. The summed E-state index contributed by atoms with van der Waals surface area (Å²) >= 11 is 0. The maximum atomic E-state index is 12.5. The highest BCUT2D eigenvalue weighted by Crippen LogP contribution is 2.59. The topological polar surface area (TPSA) is 47.8 Å². The van der Waals surface area contributed by atoms with Gasteiger partial charge in [-0.2, -0.15) is 0 Å². The highest BCUT2D eigenvalue weighted by molar-refractivity contribution is 5.87. The molecular formula is C26H36NO3+. The van der Waals surface area contributed by atoms with Crippen LogP contribution in [0.5, 0.6) is 5.75 Å². The number of carbonyl (C=O) groups is 2. The van der Waals surface area contributed by atoms with Gasteiger partial charge in [-0.1, -0.05) is 13.0 Å². The van der Waals surface area contributed by atoms with E-state index in [1.54, 1.807) is 4.90 Å². The molecule has 4 atom stereocenters. The highest BCUT2D eigenvalue weighted by atomic mass is 16.5. The average molecular weight is 411 g/mol. The summed E-state index contributed by atoms with van der Waals surface area (Å²) in [4.78, 5) is 26.4. The van der Waals surface area contributed by atoms with Crippen LogP contribution in [0.15, 0.2) is 18.2 Å². The van der Waals surface area contributed by atoms with E-state index in [1.165, 1.54) is 49.9 Å². The first-order valence-electron chi connectivity index (χ1n) is 12.2. The van der Waals surface area contributed by atoms with Crippen molar-refractivity contribution in [3.8, 4) is 5.75 Å². The van der Waals surface area contributed by atoms with Crippen molar-refractivity contribution in [2.24, 2.45) is 17.3 Å². The van der Waals surface area contributed by atoms with Crippen molar-refractivity contribution in [2.75, 3.05) is 19.6 Å². The first kappa shape index (κ1) is 20.2. The number of likely N-dealkylation sites (tertiary alicyclic amines) is 1. The first-order valence-corrected chi connectivity index (χ1v) is 12.2. The van der Waals surface area contributed by atoms with E-state index in [-0.39, 0.29) is 11.4 Å². The van der Waals surface area contributed by atoms with Crippen molar-refractivity contribution in [3.05, 3.63) is 29.3 Å². The number of ketones is 1. The van der Waals surface area contributed by atoms with Gasteiger partial charge in [-0.05, 0) is 92.4 Å². The Morgan fingerprint density at radius 1 is 1.13 bits per heavy atom. The molecule has 4 heteroatoms. The smallest absolute Gasteiger partial charge is 0.316 e. The predicted octanol–water partition coefficient (Wildman–Crippen LogP) is 3.48. The molecule has 5 rings (SSSR count). The van der Waals surface area contributed by atoms with Crippen LogP contribution in [0.3, 0.4) is 0 Å². The Morgan fingerprint density at radius 2 is 1.97 bits per heavy atom. The Hall–Kier alpha value is -1.68. The predicted molar refractivity (Wildman–Crippen MR) is 116 cm³/mol. The number of benzene rings is 1. The first-order chi connectivity index (χ1) is 14.5. The Morgan fingerprint density at radius 3 is 2.80 bits per heavy atom. The Labute approximate surface area is 180 Å². The SMILES string of the molecule is C[C@]12CC[C@@H]3c4ccc(OC(=O)CC[NH+]5CCCCC5)cc4CC[C@@H]3[C@@H]1CCC2=O. The van der Waals surface area contributed by atoms with E-state index in [1.807, 2.05) is 6.07 Å². The summed E-state index contributed by atoms with van der Waals surface area (Å²) in [5, 5.41) is 0. The number of hydrogen-bond donors (Lipinski definition) is 1. The number of fused-ring (bicyclic) bond motifs is 5. The van der Waals surface area contributed by atoms with Crippen molar-refractivity contribution in [2.45, 2.75) is 77.0 Å². The van der Waals surface area contributed by atoms with Crippen LogP contribution >= 0.6 is 0 Å². The molecule has 0 aromatic heterocycles. The van der Waals surface area contributed by atoms with E-state index in [9.17, 15) is 9.59 Å². The summed E-state index contributed by atoms with van der Waals surface area (Å²) in [6, 6.07) is 6.33. The summed E-state index contributed by atoms with van der Waals surface area (Å²) < 4.78 is 5.71. The number of Topliss-reactive ketones (excluding diaryl/α,β-unsaturated/α-hetero) is 1. The molecule has 1 aromatic rings. The fraction of sp³-hybridized carbons (Fsp3) is 0.692. The number of hydrogen-bond acceptors (Lipinski definition) is 3. The molecule has 4 nitrogen and oxygen atoms in total. The van der Waals surface area contributed by atoms with Crippen LogP contribution < -0.4 is 9.64 Å². The maximum absolute atomic E-state index is 12.5. The van der Waals surface area contributed by atoms with E-state index in [4.69, 9.17) is 4.74 Å². The largest absolute Gasteiger partial charge is 0.426 e. The molecule has 1 heterocycles. The molecule has 162 valence electrons. The number of carbonyl (C=O) groups excluding carboxylic acids is 2. The summed E-state index contributed by atoms with van der Waals surface area (Å²) in [7, 11) is 0. The van der Waals surface area contributed by atoms with Crippen LogP contribution in [0.4, 0.5) is 0 Å². The monoisotopic (exact) mass is 410 g/mol. The van der Waals surface area contributed by atoms with E-state index < -0.39 is 0 Å². The lowest BCUT2D eigenvalue weighted by Crippen LogP contribution is -3.12. The van der Waals surface area contributed by atoms with Crippen molar-refractivity contribution in [3.63, 3.8) is 0 Å². The van der Waals surface area contributed by atoms with Gasteiger partial charge < -0.3 is 9.64 Å². The second-order valence-corrected chi connectivity index (χ2v) is 10.5. The molecule has 0 amide bonds. The van der Waals surface area contributed by atoms with E-state index in [0.29, 0.717) is 35.7 Å². The van der Waals surface area contributed by atoms with Crippen molar-refractivity contribution >= 4 is 11.8 Å². The summed E-state index contributed by atoms with van der Waals surface area (Å²) in [6.07, 6.45) is 10.6. The van der Waals surface area contributed by atoms with Crippen LogP contribution in [0.1, 0.15) is 81.8 Å². The van der Waals surface area contributed by atoms with Gasteiger partial charge in [0.15, 0.2) is 0 Å². The molecule has 1 saturated heterocycles. The Bertz CT molecular complexity index is 828. The normalized spacial score (nSPS) is 33.5. The van der Waals surface area contributed by atoms with Gasteiger partial charge in [0.1, 0.15) is 11.5 Å². The number of nitrogens with one attached hydrogen (secondary N) is 1. The molecule has 0 unspecified atom stereocenters. The highest BCUT2D eigenvalue weighted by Gasteiger charge is 2.54. The van der Waals surface area contributed by atoms with Gasteiger partial charge in [0.2, 0.25) is 0 Å². The lowest BCUT2D eigenvalue weighted by Gasteiger charge is -2.48. The Balaban J connectivity index is 1.23. The minimum Gasteiger partial charge on any atom is -0.426 e. The summed E-state index contributed by atoms with van der Waals surface area (Å²) in [6.45, 7) is 5.51. The van der Waals surface area contributed by atoms with Gasteiger partial charge in [-0.25, -0.2) is 0 Å². The third-order valence-electron chi connectivity index (χ3n) is 8.88. The van der Waals surface area contributed by atoms with Gasteiger partial charge >= 0.3 is 5.97 Å². The standard InChI is InChI=1S/C26H35NO3/c1-26-13-11-21-20-8-6-19(30-25(29)12-16-27-14-3-2-4-15-27)17-18(20)5-7-22(21)23(26)9-10-24(26)28/h6,8,17,21-23H,2-5,7,9-16H2,1H3/p+1/t21-,22+,23+,26+/m1/s1. The van der Waals surface area contributed by atoms with Crippen LogP contribution in [0, 0.1) is 17.3 Å². The third kappa shape index (κ3) is 3.62. The van der Waals surface area contributed by atoms with Crippen molar-refractivity contribution in [1.82, 2.24) is 0 Å². The van der Waals surface area contributed by atoms with Gasteiger partial charge in [0, 0.05) is 11.8 Å². The van der Waals surface area contributed by atoms with E-state index in [2.05, 4.69) is 19.1 Å². The molecule has 0 radical (unpaired) electrons. The Kier molecular flexibility index (Phi) is 5.47. The molecule has 4 aliphatic rings. The third-order valence-corrected chi connectivity index (χ3v) is 8.88. The second kappa shape index (κ2) is 8.11. The molecule has 2 saturated carbocycles. The molecule has 3 fully saturated rings. The van der Waals surface area contributed by atoms with Crippen LogP contribution in [-0.2, 0) is 16.0 Å². The molecule has 1 aliphatic heterocycles. The lowest BCUT2D eigenvalue weighted by atomic mass is 9.55. The molecule has 3 aliphatic carbocycles. The average Bonchev–Trinajstić information content (AvgIpc) is 3.07. The number of ether oxygens (including phenoxy) is 1. The van der Waals surface area contributed by atoms with Gasteiger partial charge in [-0.15, -0.1) is 0 Å². The summed E-state index contributed by atoms with van der Waals surface area (Å²) in [5.41, 5.74) is 2.74. The molecule has 0 spiro atoms. The van der Waals surface area contributed by atoms with Crippen molar-refractivity contribution in [1.29, 1.82) is 0 Å². The van der Waals surface area contributed by atoms with Gasteiger partial charge in [0.05, 0.1) is 26.1 Å². The van der Waals surface area contributed by atoms with Crippen LogP contribution in [0.2, 0.25) is 0 Å². The number of piperidine rings is 1. The maximum Gasteiger partial charge on any atom is 0.316 e. The fourth-order valence-corrected chi connectivity index (χ4v) is 7.16. The second-order valence-electron chi connectivity index (χ2n) is 10.5. The minimum atomic E-state index is -0.0976. The number of quaternary nitrogens is 1. The molecule has 1 N–H and O–H groups in total. The number of rotatable bonds is 4. The quantitative estimate of drug-likeness (QED) is 0.611. The lowest BCUT2D eigenvalue weighted by molar-refractivity contribution is -0.904. The minimum absolute atomic E-state index is 0.0650. The number of aryl methyl sites for hydroxylation is 1. The van der Waals surface area contributed by atoms with Crippen molar-refractivity contribution < 1.29 is 19.2 Å².